The standard InChI is InChI=1S/C11H20N2O/c1-11(9-12-10-11)14-8-7-13-5-3-2-4-6-13/h2-3,12H,4-10H2,1H3. The molecule has 0 aliphatic carbocycles. The highest BCUT2D eigenvalue weighted by molar-refractivity contribution is 4.92. The molecule has 0 radical (unpaired) electrons. The van der Waals surface area contributed by atoms with Crippen LogP contribution in [0.2, 0.25) is 0 Å². The van der Waals surface area contributed by atoms with Crippen molar-refractivity contribution in [1.82, 2.24) is 10.2 Å². The minimum absolute atomic E-state index is 0.117. The fourth-order valence-electron chi connectivity index (χ4n) is 1.89. The smallest absolute Gasteiger partial charge is 0.0902 e. The Morgan fingerprint density at radius 1 is 1.43 bits per heavy atom. The van der Waals surface area contributed by atoms with Gasteiger partial charge < -0.3 is 10.1 Å². The predicted octanol–water partition coefficient (Wildman–Crippen LogP) is 0.627. The molecule has 0 aromatic heterocycles. The SMILES string of the molecule is CC1(OCCN2CC=CCC2)CNC1. The van der Waals surface area contributed by atoms with Gasteiger partial charge in [-0.25, -0.2) is 0 Å². The monoisotopic (exact) mass is 196 g/mol. The predicted molar refractivity (Wildman–Crippen MR) is 57.4 cm³/mol. The van der Waals surface area contributed by atoms with E-state index in [1.165, 1.54) is 13.0 Å². The topological polar surface area (TPSA) is 24.5 Å². The Hall–Kier alpha value is -0.380. The van der Waals surface area contributed by atoms with Crippen molar-refractivity contribution in [3.05, 3.63) is 12.2 Å². The quantitative estimate of drug-likeness (QED) is 0.667. The molecule has 14 heavy (non-hydrogen) atoms. The van der Waals surface area contributed by atoms with Gasteiger partial charge in [0.25, 0.3) is 0 Å². The second-order valence-electron chi connectivity index (χ2n) is 4.46. The zero-order valence-corrected chi connectivity index (χ0v) is 8.96. The van der Waals surface area contributed by atoms with E-state index >= 15 is 0 Å². The molecule has 0 spiro atoms. The summed E-state index contributed by atoms with van der Waals surface area (Å²) < 4.78 is 5.84. The Morgan fingerprint density at radius 3 is 2.86 bits per heavy atom. The lowest BCUT2D eigenvalue weighted by Gasteiger charge is -2.39. The van der Waals surface area contributed by atoms with Crippen molar-refractivity contribution in [3.8, 4) is 0 Å². The van der Waals surface area contributed by atoms with Crippen molar-refractivity contribution in [1.29, 1.82) is 0 Å². The van der Waals surface area contributed by atoms with Crippen LogP contribution >= 0.6 is 0 Å². The van der Waals surface area contributed by atoms with E-state index in [1.54, 1.807) is 0 Å². The second kappa shape index (κ2) is 4.43. The fraction of sp³-hybridized carbons (Fsp3) is 0.818. The summed E-state index contributed by atoms with van der Waals surface area (Å²) in [6.45, 7) is 8.42. The molecule has 0 bridgehead atoms. The van der Waals surface area contributed by atoms with E-state index in [2.05, 4.69) is 29.3 Å². The lowest BCUT2D eigenvalue weighted by molar-refractivity contribution is -0.0716. The van der Waals surface area contributed by atoms with Crippen molar-refractivity contribution in [3.63, 3.8) is 0 Å². The Bertz CT molecular complexity index is 211. The average molecular weight is 196 g/mol. The van der Waals surface area contributed by atoms with Gasteiger partial charge in [0.05, 0.1) is 12.2 Å². The van der Waals surface area contributed by atoms with Gasteiger partial charge in [0.1, 0.15) is 0 Å². The largest absolute Gasteiger partial charge is 0.371 e. The Labute approximate surface area is 86.1 Å². The maximum atomic E-state index is 5.84. The van der Waals surface area contributed by atoms with Gasteiger partial charge in [0, 0.05) is 32.7 Å². The van der Waals surface area contributed by atoms with E-state index in [4.69, 9.17) is 4.74 Å². The van der Waals surface area contributed by atoms with Gasteiger partial charge in [-0.2, -0.15) is 0 Å². The van der Waals surface area contributed by atoms with Crippen LogP contribution in [0.1, 0.15) is 13.3 Å². The molecule has 3 heteroatoms. The van der Waals surface area contributed by atoms with Gasteiger partial charge in [-0.05, 0) is 13.3 Å². The molecule has 2 heterocycles. The second-order valence-corrected chi connectivity index (χ2v) is 4.46. The third kappa shape index (κ3) is 2.56. The van der Waals surface area contributed by atoms with Gasteiger partial charge in [0.2, 0.25) is 0 Å². The summed E-state index contributed by atoms with van der Waals surface area (Å²) in [6.07, 6.45) is 5.70. The van der Waals surface area contributed by atoms with Gasteiger partial charge in [-0.3, -0.25) is 4.90 Å². The molecule has 1 N–H and O–H groups in total. The summed E-state index contributed by atoms with van der Waals surface area (Å²) in [4.78, 5) is 2.44. The number of ether oxygens (including phenoxy) is 1. The van der Waals surface area contributed by atoms with Crippen LogP contribution in [-0.4, -0.2) is 49.8 Å². The van der Waals surface area contributed by atoms with E-state index in [0.717, 1.165) is 32.8 Å². The first kappa shape index (κ1) is 10.1. The Morgan fingerprint density at radius 2 is 2.29 bits per heavy atom. The van der Waals surface area contributed by atoms with E-state index in [-0.39, 0.29) is 5.60 Å². The first-order valence-electron chi connectivity index (χ1n) is 5.51. The number of rotatable bonds is 4. The van der Waals surface area contributed by atoms with Crippen molar-refractivity contribution < 1.29 is 4.74 Å². The van der Waals surface area contributed by atoms with Gasteiger partial charge in [0.15, 0.2) is 0 Å². The molecule has 0 atom stereocenters. The molecule has 3 nitrogen and oxygen atoms in total. The minimum atomic E-state index is 0.117. The molecule has 0 saturated carbocycles. The Kier molecular flexibility index (Phi) is 3.21. The number of nitrogens with one attached hydrogen (secondary N) is 1. The normalized spacial score (nSPS) is 26.1. The lowest BCUT2D eigenvalue weighted by Crippen LogP contribution is -2.59. The van der Waals surface area contributed by atoms with E-state index in [9.17, 15) is 0 Å². The summed E-state index contributed by atoms with van der Waals surface area (Å²) in [6, 6.07) is 0. The van der Waals surface area contributed by atoms with Crippen LogP contribution in [0.4, 0.5) is 0 Å². The maximum absolute atomic E-state index is 5.84. The Balaban J connectivity index is 1.60. The van der Waals surface area contributed by atoms with Crippen LogP contribution in [-0.2, 0) is 4.74 Å². The van der Waals surface area contributed by atoms with E-state index in [1.807, 2.05) is 0 Å². The van der Waals surface area contributed by atoms with Crippen LogP contribution < -0.4 is 5.32 Å². The molecular formula is C11H20N2O. The summed E-state index contributed by atoms with van der Waals surface area (Å²) in [7, 11) is 0. The zero-order chi connectivity index (χ0) is 9.86. The molecule has 2 aliphatic heterocycles. The van der Waals surface area contributed by atoms with Crippen molar-refractivity contribution in [2.75, 3.05) is 39.3 Å². The zero-order valence-electron chi connectivity index (χ0n) is 8.96. The summed E-state index contributed by atoms with van der Waals surface area (Å²) >= 11 is 0. The summed E-state index contributed by atoms with van der Waals surface area (Å²) in [5.41, 5.74) is 0.117. The first-order valence-corrected chi connectivity index (χ1v) is 5.51. The van der Waals surface area contributed by atoms with Gasteiger partial charge in [-0.1, -0.05) is 12.2 Å². The molecule has 0 aromatic rings. The van der Waals surface area contributed by atoms with Crippen LogP contribution in [0, 0.1) is 0 Å². The number of nitrogens with zero attached hydrogens (tertiary/aromatic N) is 1. The maximum Gasteiger partial charge on any atom is 0.0902 e. The summed E-state index contributed by atoms with van der Waals surface area (Å²) in [5.74, 6) is 0. The van der Waals surface area contributed by atoms with Crippen molar-refractivity contribution in [2.24, 2.45) is 0 Å². The molecular weight excluding hydrogens is 176 g/mol. The van der Waals surface area contributed by atoms with E-state index < -0.39 is 0 Å². The third-order valence-electron chi connectivity index (χ3n) is 3.00. The molecule has 2 aliphatic rings. The van der Waals surface area contributed by atoms with Crippen molar-refractivity contribution >= 4 is 0 Å². The van der Waals surface area contributed by atoms with Crippen LogP contribution in [0.15, 0.2) is 12.2 Å². The highest BCUT2D eigenvalue weighted by Crippen LogP contribution is 2.14. The van der Waals surface area contributed by atoms with Crippen LogP contribution in [0.25, 0.3) is 0 Å². The third-order valence-corrected chi connectivity index (χ3v) is 3.00. The highest BCUT2D eigenvalue weighted by Gasteiger charge is 2.32. The fourth-order valence-corrected chi connectivity index (χ4v) is 1.89. The summed E-state index contributed by atoms with van der Waals surface area (Å²) in [5, 5.41) is 3.24. The van der Waals surface area contributed by atoms with Crippen LogP contribution in [0.5, 0.6) is 0 Å². The average Bonchev–Trinajstić information content (AvgIpc) is 2.17. The van der Waals surface area contributed by atoms with Crippen LogP contribution in [0.3, 0.4) is 0 Å². The van der Waals surface area contributed by atoms with E-state index in [0.29, 0.717) is 0 Å². The molecule has 0 aromatic carbocycles. The molecule has 1 fully saturated rings. The molecule has 0 unspecified atom stereocenters. The van der Waals surface area contributed by atoms with Gasteiger partial charge >= 0.3 is 0 Å². The lowest BCUT2D eigenvalue weighted by atomic mass is 10.0. The molecule has 2 rings (SSSR count). The highest BCUT2D eigenvalue weighted by atomic mass is 16.5. The molecule has 0 amide bonds. The van der Waals surface area contributed by atoms with Gasteiger partial charge in [-0.15, -0.1) is 0 Å². The number of hydrogen-bond acceptors (Lipinski definition) is 3. The van der Waals surface area contributed by atoms with Crippen molar-refractivity contribution in [2.45, 2.75) is 18.9 Å². The number of hydrogen-bond donors (Lipinski definition) is 1. The molecule has 1 saturated heterocycles. The first-order chi connectivity index (χ1) is 6.79. The molecule has 80 valence electrons. The minimum Gasteiger partial charge on any atom is -0.371 e.